The third-order valence-corrected chi connectivity index (χ3v) is 4.36. The van der Waals surface area contributed by atoms with Crippen molar-refractivity contribution >= 4 is 29.8 Å². The molecule has 0 aliphatic carbocycles. The molecule has 0 amide bonds. The van der Waals surface area contributed by atoms with Crippen LogP contribution in [0.25, 0.3) is 0 Å². The van der Waals surface area contributed by atoms with Crippen LogP contribution in [0.2, 0.25) is 0 Å². The average molecular weight is 323 g/mol. The first-order chi connectivity index (χ1) is 11.5. The van der Waals surface area contributed by atoms with E-state index in [4.69, 9.17) is 21.6 Å². The van der Waals surface area contributed by atoms with E-state index in [0.717, 1.165) is 25.4 Å². The molecule has 124 valence electrons. The zero-order valence-corrected chi connectivity index (χ0v) is 13.6. The van der Waals surface area contributed by atoms with Crippen molar-refractivity contribution in [2.45, 2.75) is 12.8 Å². The zero-order chi connectivity index (χ0) is 17.7. The Bertz CT molecular complexity index is 708. The molecule has 1 fully saturated rings. The third kappa shape index (κ3) is 3.33. The molecule has 0 radical (unpaired) electrons. The number of rotatable bonds is 5. The Labute approximate surface area is 141 Å². The predicted octanol–water partition coefficient (Wildman–Crippen LogP) is 2.31. The van der Waals surface area contributed by atoms with Gasteiger partial charge in [-0.15, -0.1) is 0 Å². The average Bonchev–Trinajstić information content (AvgIpc) is 2.65. The molecule has 7 heteroatoms. The molecular weight excluding hydrogens is 302 g/mol. The number of piperidine rings is 1. The van der Waals surface area contributed by atoms with Gasteiger partial charge in [0.05, 0.1) is 23.3 Å². The molecule has 1 aliphatic heterocycles. The highest BCUT2D eigenvalue weighted by molar-refractivity contribution is 6.37. The number of hydrogen-bond donors (Lipinski definition) is 4. The summed E-state index contributed by atoms with van der Waals surface area (Å²) in [6.45, 7) is 1.35. The zero-order valence-electron chi connectivity index (χ0n) is 13.6. The quantitative estimate of drug-likeness (QED) is 0.490. The highest BCUT2D eigenvalue weighted by atomic mass is 15.2. The smallest absolute Gasteiger partial charge is 0.104 e. The minimum Gasteiger partial charge on any atom is -0.370 e. The molecule has 2 rings (SSSR count). The molecule has 0 unspecified atom stereocenters. The van der Waals surface area contributed by atoms with Gasteiger partial charge in [0.2, 0.25) is 0 Å². The lowest BCUT2D eigenvalue weighted by Crippen LogP contribution is -2.41. The van der Waals surface area contributed by atoms with Crippen LogP contribution in [0.4, 0.5) is 5.69 Å². The van der Waals surface area contributed by atoms with Gasteiger partial charge in [0.1, 0.15) is 11.9 Å². The van der Waals surface area contributed by atoms with E-state index >= 15 is 0 Å². The number of benzene rings is 1. The maximum absolute atomic E-state index is 9.40. The second kappa shape index (κ2) is 7.51. The van der Waals surface area contributed by atoms with Crippen LogP contribution in [-0.2, 0) is 0 Å². The van der Waals surface area contributed by atoms with E-state index in [1.165, 1.54) is 4.90 Å². The van der Waals surface area contributed by atoms with Gasteiger partial charge in [-0.2, -0.15) is 5.26 Å². The maximum atomic E-state index is 9.40. The van der Waals surface area contributed by atoms with E-state index < -0.39 is 0 Å². The molecule has 0 bridgehead atoms. The molecule has 1 saturated heterocycles. The molecule has 4 N–H and O–H groups in total. The highest BCUT2D eigenvalue weighted by Gasteiger charge is 2.27. The summed E-state index contributed by atoms with van der Waals surface area (Å²) in [6.07, 6.45) is 3.65. The van der Waals surface area contributed by atoms with E-state index in [9.17, 15) is 5.26 Å². The lowest BCUT2D eigenvalue weighted by Gasteiger charge is -2.36. The Kier molecular flexibility index (Phi) is 5.42. The molecule has 0 atom stereocenters. The summed E-state index contributed by atoms with van der Waals surface area (Å²) in [6, 6.07) is 7.41. The number of hydrogen-bond acceptors (Lipinski definition) is 6. The van der Waals surface area contributed by atoms with Crippen LogP contribution >= 0.6 is 0 Å². The van der Waals surface area contributed by atoms with Crippen LogP contribution < -0.4 is 4.90 Å². The number of amidine groups is 1. The summed E-state index contributed by atoms with van der Waals surface area (Å²) in [5.74, 6) is 0.526. The SMILES string of the molecule is CN(C=N)C(=N)C1CCN(c2c(C#N)cccc2C(=N)C=N)CC1. The largest absolute Gasteiger partial charge is 0.370 e. The fraction of sp³-hybridized carbons (Fsp3) is 0.353. The first-order valence-corrected chi connectivity index (χ1v) is 7.72. The van der Waals surface area contributed by atoms with Gasteiger partial charge in [-0.25, -0.2) is 0 Å². The van der Waals surface area contributed by atoms with Gasteiger partial charge in [0.15, 0.2) is 0 Å². The standard InChI is InChI=1S/C17H21N7/c1-23(11-20)17(22)12-5-7-24(8-6-12)16-13(9-18)3-2-4-14(16)15(21)10-19/h2-4,10-12,19-22H,5-8H2,1H3. The van der Waals surface area contributed by atoms with Crippen LogP contribution in [0.5, 0.6) is 0 Å². The second-order valence-electron chi connectivity index (χ2n) is 5.76. The van der Waals surface area contributed by atoms with Crippen molar-refractivity contribution in [2.24, 2.45) is 5.92 Å². The van der Waals surface area contributed by atoms with E-state index in [0.29, 0.717) is 35.7 Å². The molecule has 1 aliphatic rings. The van der Waals surface area contributed by atoms with Crippen molar-refractivity contribution in [1.82, 2.24) is 4.90 Å². The summed E-state index contributed by atoms with van der Waals surface area (Å²) < 4.78 is 0. The van der Waals surface area contributed by atoms with Crippen LogP contribution in [0, 0.1) is 38.9 Å². The predicted molar refractivity (Wildman–Crippen MR) is 96.0 cm³/mol. The van der Waals surface area contributed by atoms with Gasteiger partial charge in [0, 0.05) is 37.8 Å². The van der Waals surface area contributed by atoms with Gasteiger partial charge < -0.3 is 15.2 Å². The molecule has 0 spiro atoms. The maximum Gasteiger partial charge on any atom is 0.104 e. The molecule has 24 heavy (non-hydrogen) atoms. The van der Waals surface area contributed by atoms with Crippen molar-refractivity contribution in [1.29, 1.82) is 26.9 Å². The number of para-hydroxylation sites is 1. The van der Waals surface area contributed by atoms with Crippen molar-refractivity contribution in [3.63, 3.8) is 0 Å². The van der Waals surface area contributed by atoms with Gasteiger partial charge >= 0.3 is 0 Å². The monoisotopic (exact) mass is 323 g/mol. The Balaban J connectivity index is 2.24. The van der Waals surface area contributed by atoms with E-state index in [1.54, 1.807) is 25.2 Å². The first-order valence-electron chi connectivity index (χ1n) is 7.72. The lowest BCUT2D eigenvalue weighted by molar-refractivity contribution is 0.473. The number of nitrogens with zero attached hydrogens (tertiary/aromatic N) is 3. The molecule has 1 aromatic carbocycles. The van der Waals surface area contributed by atoms with Crippen LogP contribution in [0.15, 0.2) is 18.2 Å². The molecule has 1 heterocycles. The second-order valence-corrected chi connectivity index (χ2v) is 5.76. The number of nitrogens with one attached hydrogen (secondary N) is 4. The Hall–Kier alpha value is -3.01. The Morgan fingerprint density at radius 1 is 1.29 bits per heavy atom. The minimum absolute atomic E-state index is 0.0838. The van der Waals surface area contributed by atoms with Crippen LogP contribution in [0.3, 0.4) is 0 Å². The van der Waals surface area contributed by atoms with E-state index in [-0.39, 0.29) is 11.6 Å². The highest BCUT2D eigenvalue weighted by Crippen LogP contribution is 2.30. The molecular formula is C17H21N7. The van der Waals surface area contributed by atoms with Gasteiger partial charge in [-0.05, 0) is 18.9 Å². The topological polar surface area (TPSA) is 126 Å². The summed E-state index contributed by atoms with van der Waals surface area (Å²) in [5.41, 5.74) is 1.89. The molecule has 0 aromatic heterocycles. The first kappa shape index (κ1) is 17.3. The Morgan fingerprint density at radius 2 is 1.96 bits per heavy atom. The summed E-state index contributed by atoms with van der Waals surface area (Å²) in [7, 11) is 1.70. The van der Waals surface area contributed by atoms with Crippen molar-refractivity contribution < 1.29 is 0 Å². The van der Waals surface area contributed by atoms with E-state index in [1.807, 2.05) is 0 Å². The minimum atomic E-state index is 0.0838. The third-order valence-electron chi connectivity index (χ3n) is 4.36. The summed E-state index contributed by atoms with van der Waals surface area (Å²) in [4.78, 5) is 3.58. The summed E-state index contributed by atoms with van der Waals surface area (Å²) in [5, 5.41) is 40.1. The molecule has 7 nitrogen and oxygen atoms in total. The lowest BCUT2D eigenvalue weighted by atomic mass is 9.93. The van der Waals surface area contributed by atoms with E-state index in [2.05, 4.69) is 11.0 Å². The summed E-state index contributed by atoms with van der Waals surface area (Å²) >= 11 is 0. The van der Waals surface area contributed by atoms with Crippen molar-refractivity contribution in [3.8, 4) is 6.07 Å². The van der Waals surface area contributed by atoms with Crippen molar-refractivity contribution in [3.05, 3.63) is 29.3 Å². The Morgan fingerprint density at radius 3 is 2.50 bits per heavy atom. The normalized spacial score (nSPS) is 14.6. The van der Waals surface area contributed by atoms with Gasteiger partial charge in [-0.3, -0.25) is 16.2 Å². The molecule has 1 aromatic rings. The van der Waals surface area contributed by atoms with Gasteiger partial charge in [-0.1, -0.05) is 12.1 Å². The van der Waals surface area contributed by atoms with Gasteiger partial charge in [0.25, 0.3) is 0 Å². The fourth-order valence-corrected chi connectivity index (χ4v) is 3.00. The number of anilines is 1. The van der Waals surface area contributed by atoms with Crippen LogP contribution in [-0.4, -0.2) is 49.1 Å². The molecule has 0 saturated carbocycles. The fourth-order valence-electron chi connectivity index (χ4n) is 3.00. The number of nitriles is 1. The van der Waals surface area contributed by atoms with Crippen molar-refractivity contribution in [2.75, 3.05) is 25.0 Å². The van der Waals surface area contributed by atoms with Crippen LogP contribution in [0.1, 0.15) is 24.0 Å².